The van der Waals surface area contributed by atoms with E-state index in [1.165, 1.54) is 0 Å². The Kier molecular flexibility index (Phi) is 5.95. The van der Waals surface area contributed by atoms with Crippen LogP contribution in [0.3, 0.4) is 0 Å². The van der Waals surface area contributed by atoms with E-state index in [2.05, 4.69) is 22.5 Å². The zero-order valence-electron chi connectivity index (χ0n) is 13.2. The fourth-order valence-electron chi connectivity index (χ4n) is 2.18. The summed E-state index contributed by atoms with van der Waals surface area (Å²) in [6.45, 7) is 5.10. The maximum atomic E-state index is 12.0. The van der Waals surface area contributed by atoms with Crippen molar-refractivity contribution in [2.24, 2.45) is 0 Å². The number of rotatable bonds is 7. The summed E-state index contributed by atoms with van der Waals surface area (Å²) in [5, 5.41) is 6.12. The molecule has 0 bridgehead atoms. The van der Waals surface area contributed by atoms with Crippen molar-refractivity contribution >= 4 is 17.4 Å². The highest BCUT2D eigenvalue weighted by atomic mass is 16.1. The van der Waals surface area contributed by atoms with Crippen molar-refractivity contribution in [3.8, 4) is 0 Å². The molecule has 0 fully saturated rings. The van der Waals surface area contributed by atoms with Crippen molar-refractivity contribution in [2.45, 2.75) is 33.1 Å². The molecule has 1 aromatic carbocycles. The van der Waals surface area contributed by atoms with Crippen LogP contribution in [0.4, 0.5) is 11.5 Å². The molecule has 4 nitrogen and oxygen atoms in total. The smallest absolute Gasteiger partial charge is 0.228 e. The van der Waals surface area contributed by atoms with Gasteiger partial charge < -0.3 is 10.6 Å². The van der Waals surface area contributed by atoms with E-state index in [0.29, 0.717) is 6.42 Å². The van der Waals surface area contributed by atoms with Gasteiger partial charge in [-0.1, -0.05) is 43.2 Å². The van der Waals surface area contributed by atoms with Crippen LogP contribution in [0, 0.1) is 6.92 Å². The van der Waals surface area contributed by atoms with Crippen molar-refractivity contribution in [2.75, 3.05) is 17.2 Å². The fraction of sp³-hybridized carbons (Fsp3) is 0.333. The average Bonchev–Trinajstić information content (AvgIpc) is 2.49. The zero-order valence-corrected chi connectivity index (χ0v) is 13.2. The third kappa shape index (κ3) is 5.20. The van der Waals surface area contributed by atoms with Gasteiger partial charge in [-0.05, 0) is 31.0 Å². The van der Waals surface area contributed by atoms with E-state index in [9.17, 15) is 4.79 Å². The Bertz CT molecular complexity index is 608. The molecule has 0 spiro atoms. The lowest BCUT2D eigenvalue weighted by molar-refractivity contribution is -0.115. The molecule has 0 saturated carbocycles. The van der Waals surface area contributed by atoms with E-state index in [1.807, 2.05) is 43.3 Å². The number of amides is 1. The summed E-state index contributed by atoms with van der Waals surface area (Å²) in [7, 11) is 0. The minimum absolute atomic E-state index is 0.0286. The molecular weight excluding hydrogens is 274 g/mol. The van der Waals surface area contributed by atoms with E-state index >= 15 is 0 Å². The second kappa shape index (κ2) is 8.17. The van der Waals surface area contributed by atoms with Gasteiger partial charge in [0.25, 0.3) is 0 Å². The lowest BCUT2D eigenvalue weighted by Gasteiger charge is -2.08. The van der Waals surface area contributed by atoms with Crippen LogP contribution in [0.1, 0.15) is 30.9 Å². The van der Waals surface area contributed by atoms with Gasteiger partial charge in [-0.25, -0.2) is 4.98 Å². The van der Waals surface area contributed by atoms with Crippen molar-refractivity contribution in [3.05, 3.63) is 53.7 Å². The lowest BCUT2D eigenvalue weighted by atomic mass is 10.1. The molecule has 116 valence electrons. The van der Waals surface area contributed by atoms with Crippen LogP contribution in [0.25, 0.3) is 0 Å². The van der Waals surface area contributed by atoms with Crippen LogP contribution in [-0.4, -0.2) is 17.4 Å². The van der Waals surface area contributed by atoms with Gasteiger partial charge in [-0.3, -0.25) is 4.79 Å². The minimum atomic E-state index is -0.0286. The SMILES string of the molecule is CCCCNc1ccc(NC(=O)Cc2cccc(C)c2)cn1. The molecule has 0 aliphatic heterocycles. The Morgan fingerprint density at radius 1 is 1.23 bits per heavy atom. The van der Waals surface area contributed by atoms with E-state index in [-0.39, 0.29) is 5.91 Å². The van der Waals surface area contributed by atoms with Crippen LogP contribution in [0.15, 0.2) is 42.6 Å². The summed E-state index contributed by atoms with van der Waals surface area (Å²) < 4.78 is 0. The second-order valence-corrected chi connectivity index (χ2v) is 5.43. The highest BCUT2D eigenvalue weighted by Gasteiger charge is 2.05. The first-order valence-corrected chi connectivity index (χ1v) is 7.72. The maximum Gasteiger partial charge on any atom is 0.228 e. The first-order valence-electron chi connectivity index (χ1n) is 7.72. The largest absolute Gasteiger partial charge is 0.370 e. The monoisotopic (exact) mass is 297 g/mol. The number of nitrogens with zero attached hydrogens (tertiary/aromatic N) is 1. The number of hydrogen-bond donors (Lipinski definition) is 2. The standard InChI is InChI=1S/C18H23N3O/c1-3-4-10-19-17-9-8-16(13-20-17)21-18(22)12-15-7-5-6-14(2)11-15/h5-9,11,13H,3-4,10,12H2,1-2H3,(H,19,20)(H,21,22). The van der Waals surface area contributed by atoms with Gasteiger partial charge in [0.05, 0.1) is 18.3 Å². The number of pyridine rings is 1. The summed E-state index contributed by atoms with van der Waals surface area (Å²) in [4.78, 5) is 16.3. The topological polar surface area (TPSA) is 54.0 Å². The number of nitrogens with one attached hydrogen (secondary N) is 2. The molecule has 0 radical (unpaired) electrons. The van der Waals surface area contributed by atoms with Crippen LogP contribution >= 0.6 is 0 Å². The molecule has 0 atom stereocenters. The molecule has 1 aromatic heterocycles. The van der Waals surface area contributed by atoms with E-state index < -0.39 is 0 Å². The summed E-state index contributed by atoms with van der Waals surface area (Å²) in [5.74, 6) is 0.809. The molecule has 4 heteroatoms. The van der Waals surface area contributed by atoms with Crippen molar-refractivity contribution < 1.29 is 4.79 Å². The first kappa shape index (κ1) is 16.0. The summed E-state index contributed by atoms with van der Waals surface area (Å²) in [6.07, 6.45) is 4.33. The quantitative estimate of drug-likeness (QED) is 0.765. The van der Waals surface area contributed by atoms with Gasteiger partial charge >= 0.3 is 0 Å². The van der Waals surface area contributed by atoms with Gasteiger partial charge in [0.2, 0.25) is 5.91 Å². The van der Waals surface area contributed by atoms with E-state index in [1.54, 1.807) is 6.20 Å². The molecule has 2 aromatic rings. The number of aromatic nitrogens is 1. The molecule has 2 rings (SSSR count). The Balaban J connectivity index is 1.86. The Labute approximate surface area is 132 Å². The van der Waals surface area contributed by atoms with E-state index in [0.717, 1.165) is 42.0 Å². The number of hydrogen-bond acceptors (Lipinski definition) is 3. The molecular formula is C18H23N3O. The molecule has 1 heterocycles. The van der Waals surface area contributed by atoms with Crippen molar-refractivity contribution in [3.63, 3.8) is 0 Å². The lowest BCUT2D eigenvalue weighted by Crippen LogP contribution is -2.14. The Morgan fingerprint density at radius 3 is 2.77 bits per heavy atom. The first-order chi connectivity index (χ1) is 10.7. The van der Waals surface area contributed by atoms with Gasteiger partial charge in [-0.2, -0.15) is 0 Å². The Morgan fingerprint density at radius 2 is 2.09 bits per heavy atom. The highest BCUT2D eigenvalue weighted by molar-refractivity contribution is 5.92. The van der Waals surface area contributed by atoms with Crippen molar-refractivity contribution in [1.29, 1.82) is 0 Å². The molecule has 1 amide bonds. The average molecular weight is 297 g/mol. The van der Waals surface area contributed by atoms with E-state index in [4.69, 9.17) is 0 Å². The number of carbonyl (C=O) groups excluding carboxylic acids is 1. The summed E-state index contributed by atoms with van der Waals surface area (Å²) in [6, 6.07) is 11.7. The highest BCUT2D eigenvalue weighted by Crippen LogP contribution is 2.11. The van der Waals surface area contributed by atoms with Crippen LogP contribution < -0.4 is 10.6 Å². The maximum absolute atomic E-state index is 12.0. The molecule has 0 unspecified atom stereocenters. The van der Waals surface area contributed by atoms with Crippen molar-refractivity contribution in [1.82, 2.24) is 4.98 Å². The number of aryl methyl sites for hydroxylation is 1. The number of unbranched alkanes of at least 4 members (excludes halogenated alkanes) is 1. The van der Waals surface area contributed by atoms with Crippen LogP contribution in [0.5, 0.6) is 0 Å². The molecule has 0 saturated heterocycles. The minimum Gasteiger partial charge on any atom is -0.370 e. The summed E-state index contributed by atoms with van der Waals surface area (Å²) in [5.41, 5.74) is 2.90. The third-order valence-electron chi connectivity index (χ3n) is 3.33. The summed E-state index contributed by atoms with van der Waals surface area (Å²) >= 11 is 0. The normalized spacial score (nSPS) is 10.3. The molecule has 22 heavy (non-hydrogen) atoms. The van der Waals surface area contributed by atoms with Gasteiger partial charge in [-0.15, -0.1) is 0 Å². The number of anilines is 2. The zero-order chi connectivity index (χ0) is 15.8. The number of carbonyl (C=O) groups is 1. The van der Waals surface area contributed by atoms with Gasteiger partial charge in [0, 0.05) is 6.54 Å². The third-order valence-corrected chi connectivity index (χ3v) is 3.33. The van der Waals surface area contributed by atoms with Gasteiger partial charge in [0.15, 0.2) is 0 Å². The predicted octanol–water partition coefficient (Wildman–Crippen LogP) is 3.78. The fourth-order valence-corrected chi connectivity index (χ4v) is 2.18. The Hall–Kier alpha value is -2.36. The molecule has 0 aliphatic rings. The van der Waals surface area contributed by atoms with Gasteiger partial charge in [0.1, 0.15) is 5.82 Å². The second-order valence-electron chi connectivity index (χ2n) is 5.43. The number of benzene rings is 1. The van der Waals surface area contributed by atoms with Crippen LogP contribution in [-0.2, 0) is 11.2 Å². The molecule has 2 N–H and O–H groups in total. The molecule has 0 aliphatic carbocycles. The van der Waals surface area contributed by atoms with Crippen LogP contribution in [0.2, 0.25) is 0 Å². The predicted molar refractivity (Wildman–Crippen MR) is 91.1 cm³/mol.